The number of alkyl halides is 3. The Morgan fingerprint density at radius 3 is 2.44 bits per heavy atom. The molecule has 8 nitrogen and oxygen atoms in total. The van der Waals surface area contributed by atoms with Crippen molar-refractivity contribution in [1.82, 2.24) is 4.90 Å². The van der Waals surface area contributed by atoms with Crippen LogP contribution in [0.4, 0.5) is 18.9 Å². The Hall–Kier alpha value is -3.47. The molecule has 0 bridgehead atoms. The molecule has 0 aromatic heterocycles. The van der Waals surface area contributed by atoms with E-state index in [0.29, 0.717) is 37.1 Å². The highest BCUT2D eigenvalue weighted by Gasteiger charge is 2.42. The van der Waals surface area contributed by atoms with Crippen molar-refractivity contribution in [2.75, 3.05) is 18.5 Å². The molecule has 39 heavy (non-hydrogen) atoms. The maximum atomic E-state index is 13.2. The first-order valence-corrected chi connectivity index (χ1v) is 13.2. The summed E-state index contributed by atoms with van der Waals surface area (Å²) >= 11 is 0. The molecule has 3 aliphatic rings. The van der Waals surface area contributed by atoms with Gasteiger partial charge in [0.15, 0.2) is 11.5 Å². The smallest absolute Gasteiger partial charge is 0.489 e. The molecule has 11 heteroatoms. The molecule has 2 aliphatic heterocycles. The first-order chi connectivity index (χ1) is 18.6. The number of likely N-dealkylation sites (tertiary alicyclic amines) is 1. The van der Waals surface area contributed by atoms with E-state index < -0.39 is 24.4 Å². The fourth-order valence-electron chi connectivity index (χ4n) is 5.71. The zero-order valence-corrected chi connectivity index (χ0v) is 21.6. The van der Waals surface area contributed by atoms with E-state index in [1.54, 1.807) is 35.0 Å². The minimum atomic E-state index is -4.85. The van der Waals surface area contributed by atoms with E-state index in [0.717, 1.165) is 36.9 Å². The predicted octanol–water partition coefficient (Wildman–Crippen LogP) is 4.92. The van der Waals surface area contributed by atoms with Gasteiger partial charge in [0.1, 0.15) is 18.4 Å². The first kappa shape index (κ1) is 27.1. The van der Waals surface area contributed by atoms with E-state index in [1.807, 2.05) is 6.07 Å². The van der Waals surface area contributed by atoms with Crippen molar-refractivity contribution in [1.29, 1.82) is 0 Å². The van der Waals surface area contributed by atoms with Crippen molar-refractivity contribution in [2.24, 2.45) is 0 Å². The highest BCUT2D eigenvalue weighted by molar-refractivity contribution is 5.99. The molecule has 1 saturated carbocycles. The average Bonchev–Trinajstić information content (AvgIpc) is 3.62. The van der Waals surface area contributed by atoms with Crippen LogP contribution in [-0.4, -0.2) is 60.0 Å². The van der Waals surface area contributed by atoms with E-state index in [1.165, 1.54) is 12.1 Å². The highest BCUT2D eigenvalue weighted by atomic mass is 19.4. The van der Waals surface area contributed by atoms with Crippen LogP contribution in [0.3, 0.4) is 0 Å². The molecule has 1 amide bonds. The largest absolute Gasteiger partial charge is 0.573 e. The molecule has 0 radical (unpaired) electrons. The summed E-state index contributed by atoms with van der Waals surface area (Å²) in [7, 11) is 1.67. The van der Waals surface area contributed by atoms with Gasteiger partial charge in [-0.05, 0) is 93.5 Å². The normalized spacial score (nSPS) is 21.7. The summed E-state index contributed by atoms with van der Waals surface area (Å²) < 4.78 is 55.0. The van der Waals surface area contributed by atoms with Gasteiger partial charge in [-0.1, -0.05) is 6.07 Å². The van der Waals surface area contributed by atoms with Crippen molar-refractivity contribution in [3.63, 3.8) is 0 Å². The zero-order chi connectivity index (χ0) is 27.7. The molecule has 5 rings (SSSR count). The number of carbonyl (C=O) groups excluding carboxylic acids is 1. The summed E-state index contributed by atoms with van der Waals surface area (Å²) in [5.41, 5.74) is 2.16. The predicted molar refractivity (Wildman–Crippen MR) is 135 cm³/mol. The second-order valence-electron chi connectivity index (χ2n) is 10.3. The molecule has 2 fully saturated rings. The third kappa shape index (κ3) is 6.08. The van der Waals surface area contributed by atoms with Crippen molar-refractivity contribution in [3.05, 3.63) is 47.5 Å². The maximum Gasteiger partial charge on any atom is 0.573 e. The highest BCUT2D eigenvalue weighted by Crippen LogP contribution is 2.37. The van der Waals surface area contributed by atoms with Gasteiger partial charge in [0.05, 0.1) is 12.1 Å². The fourth-order valence-corrected chi connectivity index (χ4v) is 5.71. The minimum Gasteiger partial charge on any atom is -0.489 e. The molecule has 0 unspecified atom stereocenters. The van der Waals surface area contributed by atoms with Crippen LogP contribution in [0.2, 0.25) is 0 Å². The number of likely N-dealkylation sites (N-methyl/N-ethyl adjacent to an activating group) is 1. The molecule has 1 saturated heterocycles. The van der Waals surface area contributed by atoms with Crippen LogP contribution in [0.15, 0.2) is 36.4 Å². The van der Waals surface area contributed by atoms with Crippen molar-refractivity contribution >= 4 is 17.6 Å². The van der Waals surface area contributed by atoms with Gasteiger partial charge in [-0.15, -0.1) is 13.2 Å². The number of anilines is 1. The lowest BCUT2D eigenvalue weighted by Crippen LogP contribution is -2.47. The minimum absolute atomic E-state index is 0.0167. The Morgan fingerprint density at radius 1 is 1.00 bits per heavy atom. The number of carboxylic acids is 1. The molecule has 1 aliphatic carbocycles. The lowest BCUT2D eigenvalue weighted by atomic mass is 10.1. The molecule has 210 valence electrons. The Balaban J connectivity index is 1.25. The van der Waals surface area contributed by atoms with E-state index >= 15 is 0 Å². The number of amides is 1. The average molecular weight is 549 g/mol. The van der Waals surface area contributed by atoms with Crippen LogP contribution in [-0.2, 0) is 22.6 Å². The molecule has 2 heterocycles. The van der Waals surface area contributed by atoms with Crippen LogP contribution in [0, 0.1) is 0 Å². The molecule has 2 aromatic carbocycles. The zero-order valence-electron chi connectivity index (χ0n) is 21.6. The van der Waals surface area contributed by atoms with Crippen LogP contribution in [0.25, 0.3) is 0 Å². The van der Waals surface area contributed by atoms with Gasteiger partial charge in [0.25, 0.3) is 0 Å². The topological polar surface area (TPSA) is 88.5 Å². The second-order valence-corrected chi connectivity index (χ2v) is 10.3. The van der Waals surface area contributed by atoms with E-state index in [9.17, 15) is 27.9 Å². The summed E-state index contributed by atoms with van der Waals surface area (Å²) in [6.45, 7) is 0.503. The Bertz CT molecular complexity index is 1230. The Morgan fingerprint density at radius 2 is 1.74 bits per heavy atom. The van der Waals surface area contributed by atoms with Crippen LogP contribution in [0.1, 0.15) is 49.7 Å². The number of ether oxygens (including phenoxy) is 3. The van der Waals surface area contributed by atoms with Crippen molar-refractivity contribution < 1.29 is 42.1 Å². The van der Waals surface area contributed by atoms with Gasteiger partial charge in [0.2, 0.25) is 5.91 Å². The van der Waals surface area contributed by atoms with Gasteiger partial charge >= 0.3 is 12.3 Å². The number of carbonyl (C=O) groups is 2. The van der Waals surface area contributed by atoms with E-state index in [4.69, 9.17) is 9.47 Å². The van der Waals surface area contributed by atoms with Gasteiger partial charge in [-0.3, -0.25) is 14.5 Å². The van der Waals surface area contributed by atoms with Crippen LogP contribution >= 0.6 is 0 Å². The number of halogens is 3. The van der Waals surface area contributed by atoms with Gasteiger partial charge < -0.3 is 24.2 Å². The standard InChI is InChI=1S/C28H31F3N2O6/c1-32-22(9-10-23(32)27(35)36)26(34)33-13-12-18-15-20(7-8-21(18)33)37-16-17-6-11-24(38-19-4-2-3-5-19)25(14-17)39-28(29,30)31/h6-8,11,14-15,19,22-23H,2-5,9-10,12-13,16H2,1H3,(H,35,36)/t22-,23-/m0/s1. The first-order valence-electron chi connectivity index (χ1n) is 13.2. The molecule has 0 spiro atoms. The molecular weight excluding hydrogens is 517 g/mol. The number of nitrogens with zero attached hydrogens (tertiary/aromatic N) is 2. The molecule has 1 N–H and O–H groups in total. The summed E-state index contributed by atoms with van der Waals surface area (Å²) in [6, 6.07) is 8.61. The summed E-state index contributed by atoms with van der Waals surface area (Å²) in [6.07, 6.45) is 0.155. The fraction of sp³-hybridized carbons (Fsp3) is 0.500. The van der Waals surface area contributed by atoms with Crippen LogP contribution in [0.5, 0.6) is 17.2 Å². The monoisotopic (exact) mass is 548 g/mol. The number of fused-ring (bicyclic) bond motifs is 1. The number of rotatable bonds is 8. The van der Waals surface area contributed by atoms with Gasteiger partial charge in [-0.25, -0.2) is 0 Å². The summed E-state index contributed by atoms with van der Waals surface area (Å²) in [4.78, 5) is 27.9. The Kier molecular flexibility index (Phi) is 7.61. The summed E-state index contributed by atoms with van der Waals surface area (Å²) in [5.74, 6) is -0.847. The molecular formula is C28H31F3N2O6. The van der Waals surface area contributed by atoms with Crippen LogP contribution < -0.4 is 19.1 Å². The third-order valence-corrected chi connectivity index (χ3v) is 7.71. The number of hydrogen-bond donors (Lipinski definition) is 1. The second kappa shape index (κ2) is 11.0. The van der Waals surface area contributed by atoms with E-state index in [2.05, 4.69) is 4.74 Å². The van der Waals surface area contributed by atoms with Crippen molar-refractivity contribution in [3.8, 4) is 17.2 Å². The molecule has 2 atom stereocenters. The third-order valence-electron chi connectivity index (χ3n) is 7.71. The van der Waals surface area contributed by atoms with Gasteiger partial charge in [-0.2, -0.15) is 0 Å². The SMILES string of the molecule is CN1[C@H](C(=O)O)CC[C@H]1C(=O)N1CCc2cc(OCc3ccc(OC4CCCC4)c(OC(F)(F)F)c3)ccc21. The van der Waals surface area contributed by atoms with Gasteiger partial charge in [0, 0.05) is 12.2 Å². The number of carboxylic acid groups (broad SMARTS) is 1. The van der Waals surface area contributed by atoms with E-state index in [-0.39, 0.29) is 30.1 Å². The number of aliphatic carboxylic acids is 1. The maximum absolute atomic E-state index is 13.2. The lowest BCUT2D eigenvalue weighted by Gasteiger charge is -2.27. The van der Waals surface area contributed by atoms with Crippen molar-refractivity contribution in [2.45, 2.75) is 76.1 Å². The molecule has 2 aromatic rings. The number of hydrogen-bond acceptors (Lipinski definition) is 6. The quantitative estimate of drug-likeness (QED) is 0.501. The Labute approximate surface area is 224 Å². The lowest BCUT2D eigenvalue weighted by molar-refractivity contribution is -0.275. The number of benzene rings is 2. The summed E-state index contributed by atoms with van der Waals surface area (Å²) in [5, 5.41) is 9.36.